The smallest absolute Gasteiger partial charge is 0.306 e. The lowest BCUT2D eigenvalue weighted by Crippen LogP contribution is -2.27. The molecule has 0 aliphatic rings. The highest BCUT2D eigenvalue weighted by Crippen LogP contribution is 2.26. The molecule has 0 unspecified atom stereocenters. The highest BCUT2D eigenvalue weighted by atomic mass is 35.5. The molecule has 0 bridgehead atoms. The summed E-state index contributed by atoms with van der Waals surface area (Å²) < 4.78 is 5.03. The zero-order valence-electron chi connectivity index (χ0n) is 17.6. The molecule has 3 rings (SSSR count). The van der Waals surface area contributed by atoms with Crippen LogP contribution >= 0.6 is 11.6 Å². The summed E-state index contributed by atoms with van der Waals surface area (Å²) in [6.07, 6.45) is -0.198. The van der Waals surface area contributed by atoms with Gasteiger partial charge in [0.15, 0.2) is 6.61 Å². The fourth-order valence-corrected chi connectivity index (χ4v) is 3.23. The molecule has 3 aromatic carbocycles. The van der Waals surface area contributed by atoms with Gasteiger partial charge in [0, 0.05) is 28.5 Å². The lowest BCUT2D eigenvalue weighted by Gasteiger charge is -2.23. The van der Waals surface area contributed by atoms with Gasteiger partial charge in [-0.25, -0.2) is 0 Å². The van der Waals surface area contributed by atoms with Crippen LogP contribution in [0.2, 0.25) is 5.02 Å². The number of carbonyl (C=O) groups excluding carboxylic acids is 3. The first-order valence-corrected chi connectivity index (χ1v) is 10.5. The van der Waals surface area contributed by atoms with E-state index >= 15 is 0 Å². The molecule has 0 aliphatic carbocycles. The van der Waals surface area contributed by atoms with Crippen LogP contribution < -0.4 is 10.2 Å². The SMILES string of the molecule is Cc1c(Cl)cccc1NC(=O)COC(=O)CCC(=O)N(c1ccccc1)c1ccccc1. The highest BCUT2D eigenvalue weighted by molar-refractivity contribution is 6.31. The van der Waals surface area contributed by atoms with Crippen molar-refractivity contribution in [2.24, 2.45) is 0 Å². The Morgan fingerprint density at radius 2 is 1.44 bits per heavy atom. The van der Waals surface area contributed by atoms with Gasteiger partial charge in [0.05, 0.1) is 6.42 Å². The van der Waals surface area contributed by atoms with E-state index in [1.54, 1.807) is 30.0 Å². The van der Waals surface area contributed by atoms with E-state index in [1.807, 2.05) is 60.7 Å². The average Bonchev–Trinajstić information content (AvgIpc) is 2.81. The van der Waals surface area contributed by atoms with Crippen molar-refractivity contribution in [1.29, 1.82) is 0 Å². The third-order valence-electron chi connectivity index (χ3n) is 4.73. The maximum atomic E-state index is 12.9. The number of anilines is 3. The van der Waals surface area contributed by atoms with E-state index in [0.29, 0.717) is 22.1 Å². The van der Waals surface area contributed by atoms with Crippen LogP contribution in [0.25, 0.3) is 0 Å². The van der Waals surface area contributed by atoms with Crippen LogP contribution in [0.4, 0.5) is 17.1 Å². The van der Waals surface area contributed by atoms with Crippen LogP contribution in [0, 0.1) is 6.92 Å². The molecule has 32 heavy (non-hydrogen) atoms. The minimum atomic E-state index is -0.627. The van der Waals surface area contributed by atoms with E-state index in [0.717, 1.165) is 5.56 Å². The Morgan fingerprint density at radius 3 is 2.03 bits per heavy atom. The highest BCUT2D eigenvalue weighted by Gasteiger charge is 2.19. The zero-order valence-corrected chi connectivity index (χ0v) is 18.3. The third kappa shape index (κ3) is 6.18. The summed E-state index contributed by atoms with van der Waals surface area (Å²) in [6, 6.07) is 23.5. The summed E-state index contributed by atoms with van der Waals surface area (Å²) in [5.74, 6) is -1.36. The fraction of sp³-hybridized carbons (Fsp3) is 0.160. The minimum Gasteiger partial charge on any atom is -0.456 e. The van der Waals surface area contributed by atoms with E-state index in [9.17, 15) is 14.4 Å². The molecule has 0 aliphatic heterocycles. The number of esters is 1. The first-order chi connectivity index (χ1) is 15.5. The number of amides is 2. The van der Waals surface area contributed by atoms with E-state index in [2.05, 4.69) is 5.32 Å². The van der Waals surface area contributed by atoms with Gasteiger partial charge in [0.25, 0.3) is 5.91 Å². The lowest BCUT2D eigenvalue weighted by atomic mass is 10.2. The van der Waals surface area contributed by atoms with Gasteiger partial charge in [-0.05, 0) is 48.9 Å². The van der Waals surface area contributed by atoms with Crippen LogP contribution in [0.1, 0.15) is 18.4 Å². The number of ether oxygens (including phenoxy) is 1. The summed E-state index contributed by atoms with van der Waals surface area (Å²) in [4.78, 5) is 38.7. The normalized spacial score (nSPS) is 10.3. The maximum Gasteiger partial charge on any atom is 0.306 e. The van der Waals surface area contributed by atoms with Gasteiger partial charge >= 0.3 is 5.97 Å². The number of halogens is 1. The second-order valence-corrected chi connectivity index (χ2v) is 7.43. The van der Waals surface area contributed by atoms with E-state index in [-0.39, 0.29) is 18.7 Å². The zero-order chi connectivity index (χ0) is 22.9. The van der Waals surface area contributed by atoms with Crippen molar-refractivity contribution in [2.75, 3.05) is 16.8 Å². The van der Waals surface area contributed by atoms with Crippen molar-refractivity contribution >= 4 is 46.4 Å². The van der Waals surface area contributed by atoms with Gasteiger partial charge in [-0.2, -0.15) is 0 Å². The first-order valence-electron chi connectivity index (χ1n) is 10.1. The summed E-state index contributed by atoms with van der Waals surface area (Å²) >= 11 is 6.04. The molecule has 7 heteroatoms. The van der Waals surface area contributed by atoms with Gasteiger partial charge in [0.1, 0.15) is 0 Å². The Kier molecular flexibility index (Phi) is 8.00. The molecule has 0 radical (unpaired) electrons. The molecule has 0 saturated carbocycles. The Labute approximate surface area is 191 Å². The average molecular weight is 451 g/mol. The number of carbonyl (C=O) groups is 3. The quantitative estimate of drug-likeness (QED) is 0.474. The Morgan fingerprint density at radius 1 is 0.844 bits per heavy atom. The van der Waals surface area contributed by atoms with Crippen molar-refractivity contribution in [2.45, 2.75) is 19.8 Å². The van der Waals surface area contributed by atoms with E-state index in [1.165, 1.54) is 0 Å². The van der Waals surface area contributed by atoms with Gasteiger partial charge < -0.3 is 10.1 Å². The van der Waals surface area contributed by atoms with Gasteiger partial charge in [-0.15, -0.1) is 0 Å². The fourth-order valence-electron chi connectivity index (χ4n) is 3.06. The Hall–Kier alpha value is -3.64. The first kappa shape index (κ1) is 23.0. The molecule has 0 fully saturated rings. The minimum absolute atomic E-state index is 0.0579. The molecule has 3 aromatic rings. The van der Waals surface area contributed by atoms with Crippen molar-refractivity contribution in [3.8, 4) is 0 Å². The molecule has 2 amide bonds. The second-order valence-electron chi connectivity index (χ2n) is 7.02. The van der Waals surface area contributed by atoms with Crippen LogP contribution in [-0.2, 0) is 19.1 Å². The van der Waals surface area contributed by atoms with Crippen LogP contribution in [0.3, 0.4) is 0 Å². The number of hydrogen-bond acceptors (Lipinski definition) is 4. The van der Waals surface area contributed by atoms with E-state index in [4.69, 9.17) is 16.3 Å². The monoisotopic (exact) mass is 450 g/mol. The molecule has 164 valence electrons. The molecular formula is C25H23ClN2O4. The molecule has 0 heterocycles. The molecule has 0 atom stereocenters. The molecule has 0 aromatic heterocycles. The Balaban J connectivity index is 1.54. The van der Waals surface area contributed by atoms with Crippen molar-refractivity contribution < 1.29 is 19.1 Å². The number of nitrogens with one attached hydrogen (secondary N) is 1. The van der Waals surface area contributed by atoms with Crippen molar-refractivity contribution in [3.05, 3.63) is 89.4 Å². The van der Waals surface area contributed by atoms with Crippen molar-refractivity contribution in [1.82, 2.24) is 0 Å². The standard InChI is InChI=1S/C25H23ClN2O4/c1-18-21(26)13-8-14-22(18)27-23(29)17-32-25(31)16-15-24(30)28(19-9-4-2-5-10-19)20-11-6-3-7-12-20/h2-14H,15-17H2,1H3,(H,27,29). The molecule has 6 nitrogen and oxygen atoms in total. The van der Waals surface area contributed by atoms with Crippen LogP contribution in [-0.4, -0.2) is 24.4 Å². The largest absolute Gasteiger partial charge is 0.456 e. The topological polar surface area (TPSA) is 75.7 Å². The van der Waals surface area contributed by atoms with Crippen LogP contribution in [0.15, 0.2) is 78.9 Å². The second kappa shape index (κ2) is 11.1. The van der Waals surface area contributed by atoms with E-state index < -0.39 is 18.5 Å². The van der Waals surface area contributed by atoms with Gasteiger partial charge in [0.2, 0.25) is 5.91 Å². The lowest BCUT2D eigenvalue weighted by molar-refractivity contribution is -0.148. The van der Waals surface area contributed by atoms with Crippen molar-refractivity contribution in [3.63, 3.8) is 0 Å². The van der Waals surface area contributed by atoms with Gasteiger partial charge in [-0.1, -0.05) is 54.1 Å². The number of rotatable bonds is 8. The number of para-hydroxylation sites is 2. The molecule has 0 saturated heterocycles. The molecular weight excluding hydrogens is 428 g/mol. The molecule has 1 N–H and O–H groups in total. The van der Waals surface area contributed by atoms with Gasteiger partial charge in [-0.3, -0.25) is 19.3 Å². The Bertz CT molecular complexity index is 1050. The summed E-state index contributed by atoms with van der Waals surface area (Å²) in [6.45, 7) is 1.33. The number of nitrogens with zero attached hydrogens (tertiary/aromatic N) is 1. The third-order valence-corrected chi connectivity index (χ3v) is 5.14. The molecule has 0 spiro atoms. The maximum absolute atomic E-state index is 12.9. The summed E-state index contributed by atoms with van der Waals surface area (Å²) in [5, 5.41) is 3.18. The number of benzene rings is 3. The van der Waals surface area contributed by atoms with Crippen LogP contribution in [0.5, 0.6) is 0 Å². The summed E-state index contributed by atoms with van der Waals surface area (Å²) in [5.41, 5.74) is 2.68. The number of hydrogen-bond donors (Lipinski definition) is 1. The summed E-state index contributed by atoms with van der Waals surface area (Å²) in [7, 11) is 0. The predicted octanol–water partition coefficient (Wildman–Crippen LogP) is 5.28. The predicted molar refractivity (Wildman–Crippen MR) is 125 cm³/mol.